The Balaban J connectivity index is 2.28. The van der Waals surface area contributed by atoms with Crippen molar-refractivity contribution in [1.29, 1.82) is 0 Å². The van der Waals surface area contributed by atoms with E-state index in [1.165, 1.54) is 12.8 Å². The monoisotopic (exact) mass is 248 g/mol. The lowest BCUT2D eigenvalue weighted by atomic mass is 10.0. The van der Waals surface area contributed by atoms with Gasteiger partial charge >= 0.3 is 5.63 Å². The minimum absolute atomic E-state index is 0.0602. The lowest BCUT2D eigenvalue weighted by Gasteiger charge is -2.11. The second kappa shape index (κ2) is 5.01. The standard InChI is InChI=1S/C15H20O3/c1-5-6-7-8-12-10(3)13-14(18-12)9(2)11(4)17-15(13)16/h12H,3,5-8H2,1-2,4H3. The molecule has 0 spiro atoms. The molecule has 1 aliphatic rings. The van der Waals surface area contributed by atoms with E-state index in [4.69, 9.17) is 9.15 Å². The first-order valence-corrected chi connectivity index (χ1v) is 6.56. The zero-order valence-corrected chi connectivity index (χ0v) is 11.3. The molecule has 0 saturated heterocycles. The second-order valence-corrected chi connectivity index (χ2v) is 4.90. The summed E-state index contributed by atoms with van der Waals surface area (Å²) in [4.78, 5) is 11.9. The van der Waals surface area contributed by atoms with Crippen molar-refractivity contribution in [1.82, 2.24) is 0 Å². The van der Waals surface area contributed by atoms with Crippen molar-refractivity contribution in [2.75, 3.05) is 0 Å². The summed E-state index contributed by atoms with van der Waals surface area (Å²) < 4.78 is 11.1. The van der Waals surface area contributed by atoms with E-state index in [9.17, 15) is 4.79 Å². The number of unbranched alkanes of at least 4 members (excludes halogenated alkanes) is 2. The van der Waals surface area contributed by atoms with E-state index < -0.39 is 0 Å². The fourth-order valence-electron chi connectivity index (χ4n) is 2.32. The Morgan fingerprint density at radius 1 is 1.28 bits per heavy atom. The molecule has 0 amide bonds. The number of fused-ring (bicyclic) bond motifs is 1. The van der Waals surface area contributed by atoms with Crippen LogP contribution in [0.4, 0.5) is 0 Å². The second-order valence-electron chi connectivity index (χ2n) is 4.90. The van der Waals surface area contributed by atoms with Crippen molar-refractivity contribution in [3.05, 3.63) is 33.9 Å². The average molecular weight is 248 g/mol. The molecule has 2 rings (SSSR count). The van der Waals surface area contributed by atoms with Crippen LogP contribution in [-0.4, -0.2) is 6.10 Å². The van der Waals surface area contributed by atoms with Crippen molar-refractivity contribution in [2.24, 2.45) is 0 Å². The maximum Gasteiger partial charge on any atom is 0.347 e. The lowest BCUT2D eigenvalue weighted by molar-refractivity contribution is 0.256. The topological polar surface area (TPSA) is 39.4 Å². The zero-order chi connectivity index (χ0) is 13.3. The van der Waals surface area contributed by atoms with Crippen molar-refractivity contribution < 1.29 is 9.15 Å². The minimum Gasteiger partial charge on any atom is -0.484 e. The molecule has 0 bridgehead atoms. The van der Waals surface area contributed by atoms with Gasteiger partial charge in [0.1, 0.15) is 23.2 Å². The van der Waals surface area contributed by atoms with E-state index in [0.717, 1.165) is 24.0 Å². The number of aryl methyl sites for hydroxylation is 1. The Bertz CT molecular complexity index is 525. The molecule has 0 radical (unpaired) electrons. The maximum absolute atomic E-state index is 11.9. The van der Waals surface area contributed by atoms with Crippen molar-refractivity contribution in [2.45, 2.75) is 52.6 Å². The van der Waals surface area contributed by atoms with Gasteiger partial charge in [0.25, 0.3) is 0 Å². The molecule has 1 aliphatic heterocycles. The fourth-order valence-corrected chi connectivity index (χ4v) is 2.32. The molecule has 98 valence electrons. The van der Waals surface area contributed by atoms with Gasteiger partial charge in [-0.2, -0.15) is 0 Å². The predicted molar refractivity (Wildman–Crippen MR) is 72.0 cm³/mol. The van der Waals surface area contributed by atoms with Gasteiger partial charge in [-0.15, -0.1) is 0 Å². The van der Waals surface area contributed by atoms with Crippen LogP contribution in [0.5, 0.6) is 5.75 Å². The van der Waals surface area contributed by atoms with Crippen LogP contribution in [0.15, 0.2) is 15.8 Å². The third kappa shape index (κ3) is 2.09. The van der Waals surface area contributed by atoms with E-state index in [1.54, 1.807) is 6.92 Å². The maximum atomic E-state index is 11.9. The van der Waals surface area contributed by atoms with Gasteiger partial charge in [-0.1, -0.05) is 26.3 Å². The summed E-state index contributed by atoms with van der Waals surface area (Å²) in [6.45, 7) is 9.87. The van der Waals surface area contributed by atoms with Crippen LogP contribution in [0, 0.1) is 13.8 Å². The van der Waals surface area contributed by atoms with Gasteiger partial charge in [0.15, 0.2) is 0 Å². The highest BCUT2D eigenvalue weighted by Gasteiger charge is 2.32. The largest absolute Gasteiger partial charge is 0.484 e. The molecule has 0 saturated carbocycles. The van der Waals surface area contributed by atoms with Crippen molar-refractivity contribution >= 4 is 5.57 Å². The fraction of sp³-hybridized carbons (Fsp3) is 0.533. The van der Waals surface area contributed by atoms with E-state index in [-0.39, 0.29) is 11.7 Å². The van der Waals surface area contributed by atoms with Gasteiger partial charge in [0.05, 0.1) is 0 Å². The number of hydrogen-bond donors (Lipinski definition) is 0. The average Bonchev–Trinajstić information content (AvgIpc) is 2.65. The summed E-state index contributed by atoms with van der Waals surface area (Å²) in [6.07, 6.45) is 4.30. The Morgan fingerprint density at radius 2 is 2.00 bits per heavy atom. The molecule has 1 unspecified atom stereocenters. The molecule has 1 aromatic heterocycles. The van der Waals surface area contributed by atoms with Gasteiger partial charge < -0.3 is 9.15 Å². The number of rotatable bonds is 4. The molecule has 0 aromatic carbocycles. The molecular weight excluding hydrogens is 228 g/mol. The summed E-state index contributed by atoms with van der Waals surface area (Å²) in [5, 5.41) is 0. The van der Waals surface area contributed by atoms with E-state index >= 15 is 0 Å². The third-order valence-corrected chi connectivity index (χ3v) is 3.59. The molecule has 2 heterocycles. The Labute approximate surface area is 107 Å². The first kappa shape index (κ1) is 12.9. The third-order valence-electron chi connectivity index (χ3n) is 3.59. The van der Waals surface area contributed by atoms with Crippen LogP contribution in [0.2, 0.25) is 0 Å². The van der Waals surface area contributed by atoms with Crippen LogP contribution in [-0.2, 0) is 0 Å². The summed E-state index contributed by atoms with van der Waals surface area (Å²) >= 11 is 0. The summed E-state index contributed by atoms with van der Waals surface area (Å²) in [5.41, 5.74) is 1.90. The normalized spacial score (nSPS) is 17.7. The molecular formula is C15H20O3. The summed E-state index contributed by atoms with van der Waals surface area (Å²) in [7, 11) is 0. The lowest BCUT2D eigenvalue weighted by Crippen LogP contribution is -2.12. The molecule has 0 aliphatic carbocycles. The number of ether oxygens (including phenoxy) is 1. The van der Waals surface area contributed by atoms with E-state index in [0.29, 0.717) is 17.1 Å². The number of hydrogen-bond acceptors (Lipinski definition) is 3. The van der Waals surface area contributed by atoms with Crippen LogP contribution in [0.1, 0.15) is 49.5 Å². The Hall–Kier alpha value is -1.51. The smallest absolute Gasteiger partial charge is 0.347 e. The predicted octanol–water partition coefficient (Wildman–Crippen LogP) is 3.61. The quantitative estimate of drug-likeness (QED) is 0.764. The molecule has 0 N–H and O–H groups in total. The van der Waals surface area contributed by atoms with Crippen molar-refractivity contribution in [3.8, 4) is 5.75 Å². The Kier molecular flexibility index (Phi) is 3.60. The highest BCUT2D eigenvalue weighted by atomic mass is 16.5. The highest BCUT2D eigenvalue weighted by Crippen LogP contribution is 2.39. The van der Waals surface area contributed by atoms with Gasteiger partial charge in [-0.05, 0) is 26.7 Å². The molecule has 3 nitrogen and oxygen atoms in total. The van der Waals surface area contributed by atoms with Crippen molar-refractivity contribution in [3.63, 3.8) is 0 Å². The van der Waals surface area contributed by atoms with Crippen LogP contribution < -0.4 is 10.4 Å². The SMILES string of the molecule is C=C1c2c(c(C)c(C)oc2=O)OC1CCCCC. The molecule has 1 aromatic rings. The van der Waals surface area contributed by atoms with Crippen LogP contribution in [0.25, 0.3) is 5.57 Å². The van der Waals surface area contributed by atoms with Gasteiger partial charge in [0, 0.05) is 11.1 Å². The summed E-state index contributed by atoms with van der Waals surface area (Å²) in [6, 6.07) is 0. The van der Waals surface area contributed by atoms with Crippen LogP contribution in [0.3, 0.4) is 0 Å². The molecule has 18 heavy (non-hydrogen) atoms. The molecule has 0 fully saturated rings. The first-order valence-electron chi connectivity index (χ1n) is 6.56. The first-order chi connectivity index (χ1) is 8.56. The Morgan fingerprint density at radius 3 is 2.67 bits per heavy atom. The molecule has 1 atom stereocenters. The zero-order valence-electron chi connectivity index (χ0n) is 11.3. The van der Waals surface area contributed by atoms with Gasteiger partial charge in [0.2, 0.25) is 0 Å². The summed E-state index contributed by atoms with van der Waals surface area (Å²) in [5.74, 6) is 1.30. The van der Waals surface area contributed by atoms with E-state index in [2.05, 4.69) is 13.5 Å². The van der Waals surface area contributed by atoms with Gasteiger partial charge in [-0.3, -0.25) is 0 Å². The minimum atomic E-state index is -0.323. The van der Waals surface area contributed by atoms with Crippen LogP contribution >= 0.6 is 0 Å². The highest BCUT2D eigenvalue weighted by molar-refractivity contribution is 5.76. The molecule has 3 heteroatoms. The van der Waals surface area contributed by atoms with E-state index in [1.807, 2.05) is 6.92 Å². The van der Waals surface area contributed by atoms with Gasteiger partial charge in [-0.25, -0.2) is 4.79 Å².